The van der Waals surface area contributed by atoms with Crippen molar-refractivity contribution in [1.29, 1.82) is 0 Å². The molecule has 188 valence electrons. The highest BCUT2D eigenvalue weighted by Gasteiger charge is 2.13. The van der Waals surface area contributed by atoms with Gasteiger partial charge >= 0.3 is 11.9 Å². The van der Waals surface area contributed by atoms with Gasteiger partial charge in [-0.3, -0.25) is 0 Å². The Morgan fingerprint density at radius 3 is 1.53 bits per heavy atom. The lowest BCUT2D eigenvalue weighted by molar-refractivity contribution is -0.140. The third-order valence-corrected chi connectivity index (χ3v) is 5.42. The second-order valence-corrected chi connectivity index (χ2v) is 8.61. The van der Waals surface area contributed by atoms with Gasteiger partial charge in [0, 0.05) is 53.8 Å². The highest BCUT2D eigenvalue weighted by atomic mass is 16.7. The number of fused-ring (bicyclic) bond motifs is 2. The number of carbonyl (C=O) groups is 2. The van der Waals surface area contributed by atoms with E-state index in [1.807, 2.05) is 24.3 Å². The van der Waals surface area contributed by atoms with Crippen LogP contribution in [0.2, 0.25) is 0 Å². The summed E-state index contributed by atoms with van der Waals surface area (Å²) in [5.74, 6) is -1.64. The zero-order valence-electron chi connectivity index (χ0n) is 24.8. The number of hydrogen-bond donors (Lipinski definition) is 0. The minimum Gasteiger partial charge on any atom is -0.332 e. The van der Waals surface area contributed by atoms with E-state index in [2.05, 4.69) is 0 Å². The molecule has 2 aromatic heterocycles. The summed E-state index contributed by atoms with van der Waals surface area (Å²) in [6.07, 6.45) is 5.19. The molecule has 0 amide bonds. The molecule has 4 aromatic rings. The summed E-state index contributed by atoms with van der Waals surface area (Å²) < 4.78 is 35.5. The van der Waals surface area contributed by atoms with Crippen LogP contribution in [-0.2, 0) is 22.4 Å². The molecule has 0 fully saturated rings. The van der Waals surface area contributed by atoms with Gasteiger partial charge < -0.3 is 19.5 Å². The Morgan fingerprint density at radius 1 is 0.750 bits per heavy atom. The molecule has 0 saturated carbocycles. The van der Waals surface area contributed by atoms with E-state index >= 15 is 0 Å². The Morgan fingerprint density at radius 2 is 1.14 bits per heavy atom. The largest absolute Gasteiger partial charge is 0.356 e. The second kappa shape index (κ2) is 11.2. The number of para-hydroxylation sites is 2. The minimum absolute atomic E-state index is 0.0795. The molecule has 0 N–H and O–H groups in total. The predicted molar refractivity (Wildman–Crippen MR) is 141 cm³/mol. The predicted octanol–water partition coefficient (Wildman–Crippen LogP) is 2.97. The van der Waals surface area contributed by atoms with Gasteiger partial charge in [0.15, 0.2) is 0 Å². The van der Waals surface area contributed by atoms with Crippen LogP contribution in [0.4, 0.5) is 0 Å². The van der Waals surface area contributed by atoms with Gasteiger partial charge in [-0.1, -0.05) is 36.4 Å². The zero-order chi connectivity index (χ0) is 29.2. The summed E-state index contributed by atoms with van der Waals surface area (Å²) in [4.78, 5) is 39.0. The van der Waals surface area contributed by atoms with E-state index in [1.165, 1.54) is 19.3 Å². The quantitative estimate of drug-likeness (QED) is 0.317. The van der Waals surface area contributed by atoms with Crippen molar-refractivity contribution in [2.75, 3.05) is 41.2 Å². The molecular weight excluding hydrogens is 456 g/mol. The maximum atomic E-state index is 12.6. The summed E-state index contributed by atoms with van der Waals surface area (Å²) in [5.41, 5.74) is 2.50. The number of benzene rings is 2. The first-order valence-corrected chi connectivity index (χ1v) is 11.4. The SMILES string of the molecule is [2H]C([2H])(Cc1cn(OC(=O)/C=C/C(=O)On2cc(CC([2H])([2H])N(C)C)c3ccccc32)c2ccccc12)N(C)C. The summed E-state index contributed by atoms with van der Waals surface area (Å²) in [7, 11) is 6.62. The summed E-state index contributed by atoms with van der Waals surface area (Å²) in [5, 5.41) is 1.50. The molecule has 8 heteroatoms. The van der Waals surface area contributed by atoms with Crippen molar-refractivity contribution in [2.45, 2.75) is 12.8 Å². The van der Waals surface area contributed by atoms with Crippen LogP contribution in [0.3, 0.4) is 0 Å². The number of nitrogens with zero attached hydrogens (tertiary/aromatic N) is 4. The number of aryl methyl sites for hydroxylation is 2. The summed E-state index contributed by atoms with van der Waals surface area (Å²) >= 11 is 0. The lowest BCUT2D eigenvalue weighted by atomic mass is 10.1. The average Bonchev–Trinajstić information content (AvgIpc) is 3.40. The molecule has 8 nitrogen and oxygen atoms in total. The molecule has 0 aliphatic heterocycles. The Kier molecular flexibility index (Phi) is 6.35. The van der Waals surface area contributed by atoms with Crippen molar-refractivity contribution in [2.24, 2.45) is 0 Å². The highest BCUT2D eigenvalue weighted by Crippen LogP contribution is 2.22. The van der Waals surface area contributed by atoms with E-state index < -0.39 is 24.9 Å². The van der Waals surface area contributed by atoms with E-state index in [9.17, 15) is 9.59 Å². The van der Waals surface area contributed by atoms with Crippen molar-refractivity contribution < 1.29 is 24.7 Å². The Hall–Kier alpha value is -3.88. The van der Waals surface area contributed by atoms with E-state index in [1.54, 1.807) is 64.8 Å². The molecule has 2 aromatic carbocycles. The van der Waals surface area contributed by atoms with Crippen LogP contribution < -0.4 is 9.68 Å². The van der Waals surface area contributed by atoms with E-state index in [0.717, 1.165) is 22.9 Å². The van der Waals surface area contributed by atoms with E-state index in [0.29, 0.717) is 22.2 Å². The lowest BCUT2D eigenvalue weighted by Gasteiger charge is -2.07. The molecular formula is C28H32N4O4. The van der Waals surface area contributed by atoms with Gasteiger partial charge in [0.1, 0.15) is 0 Å². The van der Waals surface area contributed by atoms with Gasteiger partial charge in [-0.2, -0.15) is 9.46 Å². The zero-order valence-corrected chi connectivity index (χ0v) is 20.8. The number of carbonyl (C=O) groups excluding carboxylic acids is 2. The van der Waals surface area contributed by atoms with Crippen molar-refractivity contribution in [3.8, 4) is 0 Å². The van der Waals surface area contributed by atoms with Gasteiger partial charge in [0.25, 0.3) is 0 Å². The lowest BCUT2D eigenvalue weighted by Crippen LogP contribution is -2.19. The van der Waals surface area contributed by atoms with Crippen LogP contribution in [0.15, 0.2) is 73.1 Å². The molecule has 0 atom stereocenters. The molecule has 0 unspecified atom stereocenters. The molecule has 2 heterocycles. The number of hydrogen-bond acceptors (Lipinski definition) is 6. The maximum Gasteiger partial charge on any atom is 0.356 e. The van der Waals surface area contributed by atoms with Gasteiger partial charge in [0.05, 0.1) is 11.0 Å². The number of aromatic nitrogens is 2. The first kappa shape index (κ1) is 20.3. The number of rotatable bonds is 10. The fourth-order valence-corrected chi connectivity index (χ4v) is 3.75. The summed E-state index contributed by atoms with van der Waals surface area (Å²) in [6, 6.07) is 14.4. The molecule has 4 rings (SSSR count). The molecule has 0 aliphatic carbocycles. The first-order valence-electron chi connectivity index (χ1n) is 13.4. The Labute approximate surface area is 216 Å². The molecule has 0 spiro atoms. The van der Waals surface area contributed by atoms with Crippen LogP contribution in [-0.4, -0.2) is 72.4 Å². The normalized spacial score (nSPS) is 14.3. The van der Waals surface area contributed by atoms with Gasteiger partial charge in [-0.25, -0.2) is 9.59 Å². The van der Waals surface area contributed by atoms with Gasteiger partial charge in [-0.15, -0.1) is 0 Å². The van der Waals surface area contributed by atoms with E-state index in [4.69, 9.17) is 15.2 Å². The van der Waals surface area contributed by atoms with Crippen LogP contribution in [0, 0.1) is 0 Å². The molecule has 36 heavy (non-hydrogen) atoms. The standard InChI is InChI=1S/C28H32N4O4/c1-29(2)17-15-21-19-31(25-11-7-5-9-23(21)25)35-27(33)13-14-28(34)36-32-20-22(16-18-30(3)4)24-10-6-8-12-26(24)32/h5-14,19-20H,15-18H2,1-4H3/b14-13+/i17D2,18D2. The fraction of sp³-hybridized carbons (Fsp3) is 0.286. The van der Waals surface area contributed by atoms with Crippen LogP contribution >= 0.6 is 0 Å². The Bertz CT molecular complexity index is 1460. The van der Waals surface area contributed by atoms with Crippen molar-refractivity contribution in [3.05, 3.63) is 84.2 Å². The molecule has 0 radical (unpaired) electrons. The van der Waals surface area contributed by atoms with Crippen LogP contribution in [0.5, 0.6) is 0 Å². The highest BCUT2D eigenvalue weighted by molar-refractivity contribution is 5.93. The average molecular weight is 493 g/mol. The topological polar surface area (TPSA) is 68.9 Å². The van der Waals surface area contributed by atoms with Crippen LogP contribution in [0.1, 0.15) is 16.6 Å². The fourth-order valence-electron chi connectivity index (χ4n) is 3.75. The first-order chi connectivity index (χ1) is 18.8. The smallest absolute Gasteiger partial charge is 0.332 e. The van der Waals surface area contributed by atoms with E-state index in [-0.39, 0.29) is 12.8 Å². The van der Waals surface area contributed by atoms with Crippen LogP contribution in [0.25, 0.3) is 21.8 Å². The van der Waals surface area contributed by atoms with Crippen molar-refractivity contribution in [1.82, 2.24) is 19.3 Å². The van der Waals surface area contributed by atoms with Crippen molar-refractivity contribution >= 4 is 33.7 Å². The molecule has 0 saturated heterocycles. The second-order valence-electron chi connectivity index (χ2n) is 8.61. The number of likely N-dealkylation sites (N-methyl/N-ethyl adjacent to an activating group) is 2. The summed E-state index contributed by atoms with van der Waals surface area (Å²) in [6.45, 7) is -3.22. The maximum absolute atomic E-state index is 12.6. The third kappa shape index (κ3) is 6.02. The Balaban J connectivity index is 1.49. The van der Waals surface area contributed by atoms with Gasteiger partial charge in [0.2, 0.25) is 0 Å². The third-order valence-electron chi connectivity index (χ3n) is 5.42. The molecule has 0 aliphatic rings. The molecule has 0 bridgehead atoms. The van der Waals surface area contributed by atoms with Gasteiger partial charge in [-0.05, 0) is 64.3 Å². The van der Waals surface area contributed by atoms with Crippen molar-refractivity contribution in [3.63, 3.8) is 0 Å². The monoisotopic (exact) mass is 492 g/mol. The minimum atomic E-state index is -1.61.